The van der Waals surface area contributed by atoms with Gasteiger partial charge in [-0.3, -0.25) is 9.48 Å². The largest absolute Gasteiger partial charge is 0.344 e. The molecule has 4 nitrogen and oxygen atoms in total. The highest BCUT2D eigenvalue weighted by Gasteiger charge is 2.15. The van der Waals surface area contributed by atoms with E-state index < -0.39 is 0 Å². The number of aryl methyl sites for hydroxylation is 3. The molecular weight excluding hydrogens is 238 g/mol. The van der Waals surface area contributed by atoms with Gasteiger partial charge < -0.3 is 5.32 Å². The Bertz CT molecular complexity index is 601. The van der Waals surface area contributed by atoms with Gasteiger partial charge in [-0.1, -0.05) is 23.8 Å². The Morgan fingerprint density at radius 3 is 2.63 bits per heavy atom. The van der Waals surface area contributed by atoms with E-state index in [2.05, 4.69) is 42.5 Å². The maximum absolute atomic E-state index is 12.1. The quantitative estimate of drug-likeness (QED) is 0.918. The SMILES string of the molecule is Cc1ccc([C@@H](C)NC(=O)c2ccnn2C)c(C)c1. The van der Waals surface area contributed by atoms with E-state index in [1.54, 1.807) is 24.0 Å². The van der Waals surface area contributed by atoms with Crippen LogP contribution in [-0.2, 0) is 7.05 Å². The van der Waals surface area contributed by atoms with Crippen LogP contribution in [-0.4, -0.2) is 15.7 Å². The fourth-order valence-corrected chi connectivity index (χ4v) is 2.26. The number of nitrogens with zero attached hydrogens (tertiary/aromatic N) is 2. The molecule has 1 amide bonds. The predicted molar refractivity (Wildman–Crippen MR) is 75.0 cm³/mol. The van der Waals surface area contributed by atoms with Crippen molar-refractivity contribution in [3.8, 4) is 0 Å². The Morgan fingerprint density at radius 1 is 1.32 bits per heavy atom. The van der Waals surface area contributed by atoms with Crippen molar-refractivity contribution in [1.82, 2.24) is 15.1 Å². The number of rotatable bonds is 3. The first-order valence-electron chi connectivity index (χ1n) is 6.35. The van der Waals surface area contributed by atoms with Gasteiger partial charge in [0, 0.05) is 13.2 Å². The summed E-state index contributed by atoms with van der Waals surface area (Å²) in [6.07, 6.45) is 1.62. The average molecular weight is 257 g/mol. The molecule has 0 saturated heterocycles. The summed E-state index contributed by atoms with van der Waals surface area (Å²) in [6, 6.07) is 7.95. The predicted octanol–water partition coefficient (Wildman–Crippen LogP) is 2.53. The van der Waals surface area contributed by atoms with Crippen LogP contribution in [0.3, 0.4) is 0 Å². The van der Waals surface area contributed by atoms with Crippen LogP contribution >= 0.6 is 0 Å². The van der Waals surface area contributed by atoms with Gasteiger partial charge in [0.05, 0.1) is 6.04 Å². The van der Waals surface area contributed by atoms with Crippen LogP contribution < -0.4 is 5.32 Å². The first-order chi connectivity index (χ1) is 8.99. The fraction of sp³-hybridized carbons (Fsp3) is 0.333. The molecule has 1 atom stereocenters. The van der Waals surface area contributed by atoms with Gasteiger partial charge in [0.15, 0.2) is 0 Å². The smallest absolute Gasteiger partial charge is 0.270 e. The van der Waals surface area contributed by atoms with E-state index in [0.717, 1.165) is 5.56 Å². The van der Waals surface area contributed by atoms with Gasteiger partial charge in [-0.15, -0.1) is 0 Å². The van der Waals surface area contributed by atoms with Crippen molar-refractivity contribution in [3.63, 3.8) is 0 Å². The first-order valence-corrected chi connectivity index (χ1v) is 6.35. The van der Waals surface area contributed by atoms with E-state index in [1.807, 2.05) is 6.92 Å². The van der Waals surface area contributed by atoms with Crippen LogP contribution in [0, 0.1) is 13.8 Å². The third-order valence-corrected chi connectivity index (χ3v) is 3.29. The Labute approximate surface area is 113 Å². The molecule has 19 heavy (non-hydrogen) atoms. The lowest BCUT2D eigenvalue weighted by molar-refractivity contribution is 0.0930. The monoisotopic (exact) mass is 257 g/mol. The average Bonchev–Trinajstić information content (AvgIpc) is 2.75. The van der Waals surface area contributed by atoms with Gasteiger partial charge in [0.25, 0.3) is 5.91 Å². The minimum absolute atomic E-state index is 0.0250. The summed E-state index contributed by atoms with van der Waals surface area (Å²) in [5.74, 6) is -0.104. The van der Waals surface area contributed by atoms with Crippen molar-refractivity contribution in [1.29, 1.82) is 0 Å². The third kappa shape index (κ3) is 2.84. The highest BCUT2D eigenvalue weighted by Crippen LogP contribution is 2.18. The molecule has 1 aromatic heterocycles. The van der Waals surface area contributed by atoms with Gasteiger partial charge in [0.1, 0.15) is 5.69 Å². The molecule has 1 N–H and O–H groups in total. The zero-order valence-corrected chi connectivity index (χ0v) is 11.8. The number of benzene rings is 1. The van der Waals surface area contributed by atoms with Crippen molar-refractivity contribution >= 4 is 5.91 Å². The Hall–Kier alpha value is -2.10. The van der Waals surface area contributed by atoms with Crippen molar-refractivity contribution in [2.24, 2.45) is 7.05 Å². The minimum atomic E-state index is -0.104. The number of nitrogens with one attached hydrogen (secondary N) is 1. The molecule has 0 bridgehead atoms. The minimum Gasteiger partial charge on any atom is -0.344 e. The van der Waals surface area contributed by atoms with Crippen molar-refractivity contribution < 1.29 is 4.79 Å². The normalized spacial score (nSPS) is 12.2. The summed E-state index contributed by atoms with van der Waals surface area (Å²) in [5.41, 5.74) is 4.13. The van der Waals surface area contributed by atoms with Crippen molar-refractivity contribution in [3.05, 3.63) is 52.8 Å². The number of aromatic nitrogens is 2. The number of carbonyl (C=O) groups excluding carboxylic acids is 1. The highest BCUT2D eigenvalue weighted by atomic mass is 16.2. The fourth-order valence-electron chi connectivity index (χ4n) is 2.26. The van der Waals surface area contributed by atoms with E-state index in [4.69, 9.17) is 0 Å². The molecule has 0 unspecified atom stereocenters. The highest BCUT2D eigenvalue weighted by molar-refractivity contribution is 5.92. The van der Waals surface area contributed by atoms with Gasteiger partial charge in [-0.25, -0.2) is 0 Å². The molecule has 4 heteroatoms. The Morgan fingerprint density at radius 2 is 2.05 bits per heavy atom. The van der Waals surface area contributed by atoms with Gasteiger partial charge >= 0.3 is 0 Å². The van der Waals surface area contributed by atoms with Crippen LogP contribution in [0.5, 0.6) is 0 Å². The standard InChI is InChI=1S/C15H19N3O/c1-10-5-6-13(11(2)9-10)12(3)17-15(19)14-7-8-16-18(14)4/h5-9,12H,1-4H3,(H,17,19)/t12-/m1/s1. The molecule has 0 aliphatic carbocycles. The molecule has 100 valence electrons. The number of amides is 1. The van der Waals surface area contributed by atoms with Crippen LogP contribution in [0.4, 0.5) is 0 Å². The lowest BCUT2D eigenvalue weighted by Gasteiger charge is -2.17. The van der Waals surface area contributed by atoms with Crippen molar-refractivity contribution in [2.75, 3.05) is 0 Å². The summed E-state index contributed by atoms with van der Waals surface area (Å²) in [7, 11) is 1.76. The molecule has 1 aromatic carbocycles. The molecule has 2 aromatic rings. The molecule has 0 spiro atoms. The zero-order chi connectivity index (χ0) is 14.0. The molecule has 0 aliphatic rings. The second-order valence-corrected chi connectivity index (χ2v) is 4.90. The van der Waals surface area contributed by atoms with Crippen LogP contribution in [0.2, 0.25) is 0 Å². The topological polar surface area (TPSA) is 46.9 Å². The first kappa shape index (κ1) is 13.3. The molecule has 0 radical (unpaired) electrons. The lowest BCUT2D eigenvalue weighted by atomic mass is 10.0. The third-order valence-electron chi connectivity index (χ3n) is 3.29. The Kier molecular flexibility index (Phi) is 3.69. The molecule has 0 saturated carbocycles. The number of carbonyl (C=O) groups is 1. The lowest BCUT2D eigenvalue weighted by Crippen LogP contribution is -2.28. The Balaban J connectivity index is 2.15. The van der Waals surface area contributed by atoms with E-state index >= 15 is 0 Å². The molecule has 2 rings (SSSR count). The van der Waals surface area contributed by atoms with E-state index in [-0.39, 0.29) is 11.9 Å². The summed E-state index contributed by atoms with van der Waals surface area (Å²) < 4.78 is 1.57. The zero-order valence-electron chi connectivity index (χ0n) is 11.8. The number of hydrogen-bond acceptors (Lipinski definition) is 2. The summed E-state index contributed by atoms with van der Waals surface area (Å²) in [6.45, 7) is 6.12. The van der Waals surface area contributed by atoms with E-state index in [0.29, 0.717) is 5.69 Å². The molecule has 0 aliphatic heterocycles. The molecule has 0 fully saturated rings. The van der Waals surface area contributed by atoms with Gasteiger partial charge in [0.2, 0.25) is 0 Å². The maximum atomic E-state index is 12.1. The van der Waals surface area contributed by atoms with E-state index in [1.165, 1.54) is 11.1 Å². The second-order valence-electron chi connectivity index (χ2n) is 4.90. The summed E-state index contributed by atoms with van der Waals surface area (Å²) >= 11 is 0. The maximum Gasteiger partial charge on any atom is 0.270 e. The van der Waals surface area contributed by atoms with Crippen molar-refractivity contribution in [2.45, 2.75) is 26.8 Å². The summed E-state index contributed by atoms with van der Waals surface area (Å²) in [5, 5.41) is 7.00. The second kappa shape index (κ2) is 5.26. The van der Waals surface area contributed by atoms with Crippen LogP contribution in [0.1, 0.15) is 40.1 Å². The summed E-state index contributed by atoms with van der Waals surface area (Å²) in [4.78, 5) is 12.1. The van der Waals surface area contributed by atoms with Crippen LogP contribution in [0.15, 0.2) is 30.5 Å². The number of hydrogen-bond donors (Lipinski definition) is 1. The molecule has 1 heterocycles. The van der Waals surface area contributed by atoms with E-state index in [9.17, 15) is 4.79 Å². The van der Waals surface area contributed by atoms with Crippen LogP contribution in [0.25, 0.3) is 0 Å². The van der Waals surface area contributed by atoms with Gasteiger partial charge in [-0.05, 0) is 38.0 Å². The molecular formula is C15H19N3O. The van der Waals surface area contributed by atoms with Gasteiger partial charge in [-0.2, -0.15) is 5.10 Å².